The van der Waals surface area contributed by atoms with Crippen molar-refractivity contribution in [2.45, 2.75) is 30.9 Å². The number of rotatable bonds is 3. The Hall–Kier alpha value is -2.18. The van der Waals surface area contributed by atoms with E-state index >= 15 is 0 Å². The van der Waals surface area contributed by atoms with Gasteiger partial charge in [-0.15, -0.1) is 0 Å². The molecule has 2 saturated heterocycles. The molecule has 4 rings (SSSR count). The molecule has 6 heteroatoms. The highest BCUT2D eigenvalue weighted by molar-refractivity contribution is 5.91. The zero-order valence-electron chi connectivity index (χ0n) is 14.2. The Bertz CT molecular complexity index is 713. The van der Waals surface area contributed by atoms with Crippen LogP contribution in [0.15, 0.2) is 47.3 Å². The third kappa shape index (κ3) is 2.96. The number of aliphatic hydroxyl groups is 1. The lowest BCUT2D eigenvalue weighted by atomic mass is 9.79. The molecule has 1 aromatic carbocycles. The van der Waals surface area contributed by atoms with Crippen molar-refractivity contribution < 1.29 is 14.3 Å². The van der Waals surface area contributed by atoms with E-state index < -0.39 is 5.60 Å². The molecule has 132 valence electrons. The third-order valence-electron chi connectivity index (χ3n) is 5.49. The average Bonchev–Trinajstić information content (AvgIpc) is 3.36. The highest BCUT2D eigenvalue weighted by Gasteiger charge is 2.47. The minimum absolute atomic E-state index is 0.113. The minimum atomic E-state index is -0.941. The van der Waals surface area contributed by atoms with Crippen LogP contribution in [0.3, 0.4) is 0 Å². The summed E-state index contributed by atoms with van der Waals surface area (Å²) in [5.41, 5.74) is -0.0114. The van der Waals surface area contributed by atoms with Gasteiger partial charge in [0.1, 0.15) is 5.60 Å². The highest BCUT2D eigenvalue weighted by atomic mass is 16.3. The molecule has 2 fully saturated rings. The number of hydrogen-bond acceptors (Lipinski definition) is 5. The van der Waals surface area contributed by atoms with Crippen LogP contribution in [0.5, 0.6) is 0 Å². The van der Waals surface area contributed by atoms with Crippen molar-refractivity contribution in [2.75, 3.05) is 26.2 Å². The molecule has 1 N–H and O–H groups in total. The number of aromatic nitrogens is 1. The van der Waals surface area contributed by atoms with E-state index in [1.54, 1.807) is 4.90 Å². The number of likely N-dealkylation sites (tertiary alicyclic amines) is 2. The topological polar surface area (TPSA) is 69.8 Å². The van der Waals surface area contributed by atoms with Crippen LogP contribution < -0.4 is 0 Å². The maximum atomic E-state index is 12.7. The Balaban J connectivity index is 1.62. The molecular formula is C19H23N3O3. The number of amides is 1. The number of carbonyl (C=O) groups excluding carboxylic acids is 1. The van der Waals surface area contributed by atoms with E-state index in [-0.39, 0.29) is 17.7 Å². The zero-order chi connectivity index (χ0) is 17.3. The summed E-state index contributed by atoms with van der Waals surface area (Å²) in [6.45, 7) is 2.91. The van der Waals surface area contributed by atoms with Crippen molar-refractivity contribution in [2.24, 2.45) is 0 Å². The van der Waals surface area contributed by atoms with Gasteiger partial charge in [0.25, 0.3) is 5.91 Å². The maximum Gasteiger partial charge on any atom is 0.291 e. The van der Waals surface area contributed by atoms with Crippen LogP contribution in [0.1, 0.15) is 35.4 Å². The van der Waals surface area contributed by atoms with Gasteiger partial charge in [-0.25, -0.2) is 4.98 Å². The second-order valence-electron chi connectivity index (χ2n) is 6.92. The van der Waals surface area contributed by atoms with Gasteiger partial charge in [0.2, 0.25) is 5.76 Å². The number of hydrogen-bond donors (Lipinski definition) is 1. The maximum absolute atomic E-state index is 12.7. The first-order chi connectivity index (χ1) is 12.2. The first-order valence-corrected chi connectivity index (χ1v) is 8.88. The Labute approximate surface area is 147 Å². The Morgan fingerprint density at radius 1 is 1.20 bits per heavy atom. The fourth-order valence-corrected chi connectivity index (χ4v) is 4.12. The van der Waals surface area contributed by atoms with Gasteiger partial charge in [-0.05, 0) is 37.9 Å². The molecule has 0 unspecified atom stereocenters. The zero-order valence-corrected chi connectivity index (χ0v) is 14.2. The second kappa shape index (κ2) is 6.61. The molecule has 25 heavy (non-hydrogen) atoms. The predicted molar refractivity (Wildman–Crippen MR) is 92.0 cm³/mol. The van der Waals surface area contributed by atoms with E-state index in [1.165, 1.54) is 12.6 Å². The van der Waals surface area contributed by atoms with E-state index in [4.69, 9.17) is 4.42 Å². The van der Waals surface area contributed by atoms with E-state index in [1.807, 2.05) is 30.3 Å². The van der Waals surface area contributed by atoms with Crippen LogP contribution >= 0.6 is 0 Å². The smallest absolute Gasteiger partial charge is 0.291 e. The van der Waals surface area contributed by atoms with Crippen molar-refractivity contribution in [3.05, 3.63) is 54.2 Å². The number of carbonyl (C=O) groups is 1. The van der Waals surface area contributed by atoms with Crippen molar-refractivity contribution in [1.29, 1.82) is 0 Å². The molecule has 1 aromatic heterocycles. The standard InChI is InChI=1S/C19H23N3O3/c23-18(16-12-20-14-25-16)22-11-8-19(24,15-6-2-1-3-7-15)17(13-22)21-9-4-5-10-21/h1-3,6-7,12,14,17,24H,4-5,8-11,13H2/t17-,19+/m1/s1. The van der Waals surface area contributed by atoms with E-state index in [9.17, 15) is 9.90 Å². The van der Waals surface area contributed by atoms with E-state index in [0.29, 0.717) is 19.5 Å². The summed E-state index contributed by atoms with van der Waals surface area (Å²) in [7, 11) is 0. The molecule has 0 saturated carbocycles. The monoisotopic (exact) mass is 341 g/mol. The van der Waals surface area contributed by atoms with Gasteiger partial charge in [0.05, 0.1) is 12.2 Å². The lowest BCUT2D eigenvalue weighted by Crippen LogP contribution is -2.61. The highest BCUT2D eigenvalue weighted by Crippen LogP contribution is 2.37. The van der Waals surface area contributed by atoms with Crippen LogP contribution in [0.25, 0.3) is 0 Å². The van der Waals surface area contributed by atoms with Crippen LogP contribution in [0.2, 0.25) is 0 Å². The molecule has 6 nitrogen and oxygen atoms in total. The molecule has 2 aliphatic heterocycles. The number of benzene rings is 1. The van der Waals surface area contributed by atoms with Crippen molar-refractivity contribution in [1.82, 2.24) is 14.8 Å². The van der Waals surface area contributed by atoms with Crippen LogP contribution in [-0.4, -0.2) is 58.0 Å². The number of nitrogens with zero attached hydrogens (tertiary/aromatic N) is 3. The summed E-state index contributed by atoms with van der Waals surface area (Å²) < 4.78 is 5.17. The molecule has 0 radical (unpaired) electrons. The summed E-state index contributed by atoms with van der Waals surface area (Å²) in [5.74, 6) is 0.0992. The summed E-state index contributed by atoms with van der Waals surface area (Å²) >= 11 is 0. The average molecular weight is 341 g/mol. The van der Waals surface area contributed by atoms with Crippen molar-refractivity contribution in [3.63, 3.8) is 0 Å². The normalized spacial score (nSPS) is 27.6. The molecule has 2 aromatic rings. The third-order valence-corrected chi connectivity index (χ3v) is 5.49. The molecular weight excluding hydrogens is 318 g/mol. The molecule has 0 bridgehead atoms. The fraction of sp³-hybridized carbons (Fsp3) is 0.474. The Morgan fingerprint density at radius 2 is 1.96 bits per heavy atom. The van der Waals surface area contributed by atoms with Gasteiger partial charge in [0.15, 0.2) is 6.39 Å². The molecule has 1 amide bonds. The lowest BCUT2D eigenvalue weighted by molar-refractivity contribution is -0.0881. The van der Waals surface area contributed by atoms with Crippen molar-refractivity contribution >= 4 is 5.91 Å². The minimum Gasteiger partial charge on any atom is -0.438 e. The molecule has 2 aliphatic rings. The quantitative estimate of drug-likeness (QED) is 0.923. The van der Waals surface area contributed by atoms with Crippen LogP contribution in [0.4, 0.5) is 0 Å². The Kier molecular flexibility index (Phi) is 4.31. The fourth-order valence-electron chi connectivity index (χ4n) is 4.12. The lowest BCUT2D eigenvalue weighted by Gasteiger charge is -2.48. The van der Waals surface area contributed by atoms with Gasteiger partial charge < -0.3 is 14.4 Å². The summed E-state index contributed by atoms with van der Waals surface area (Å²) in [4.78, 5) is 20.6. The molecule has 2 atom stereocenters. The first-order valence-electron chi connectivity index (χ1n) is 8.88. The Morgan fingerprint density at radius 3 is 2.64 bits per heavy atom. The van der Waals surface area contributed by atoms with Gasteiger partial charge in [-0.2, -0.15) is 0 Å². The van der Waals surface area contributed by atoms with Crippen molar-refractivity contribution in [3.8, 4) is 0 Å². The van der Waals surface area contributed by atoms with E-state index in [0.717, 1.165) is 31.5 Å². The first kappa shape index (κ1) is 16.3. The summed E-state index contributed by atoms with van der Waals surface area (Å²) in [6, 6.07) is 9.73. The predicted octanol–water partition coefficient (Wildman–Crippen LogP) is 1.87. The number of piperidine rings is 1. The van der Waals surface area contributed by atoms with Gasteiger partial charge in [-0.1, -0.05) is 30.3 Å². The van der Waals surface area contributed by atoms with Crippen LogP contribution in [-0.2, 0) is 5.60 Å². The SMILES string of the molecule is O=C(c1cnco1)N1CC[C@](O)(c2ccccc2)[C@H](N2CCCC2)C1. The molecule has 0 aliphatic carbocycles. The van der Waals surface area contributed by atoms with Gasteiger partial charge >= 0.3 is 0 Å². The van der Waals surface area contributed by atoms with Gasteiger partial charge in [0, 0.05) is 13.1 Å². The molecule has 0 spiro atoms. The summed E-state index contributed by atoms with van der Waals surface area (Å²) in [6.07, 6.45) is 5.51. The van der Waals surface area contributed by atoms with E-state index in [2.05, 4.69) is 9.88 Å². The molecule has 3 heterocycles. The number of oxazole rings is 1. The summed E-state index contributed by atoms with van der Waals surface area (Å²) in [5, 5.41) is 11.6. The van der Waals surface area contributed by atoms with Gasteiger partial charge in [-0.3, -0.25) is 9.69 Å². The second-order valence-corrected chi connectivity index (χ2v) is 6.92. The van der Waals surface area contributed by atoms with Crippen LogP contribution in [0, 0.1) is 0 Å². The largest absolute Gasteiger partial charge is 0.438 e.